The molecule has 0 saturated heterocycles. The van der Waals surface area contributed by atoms with Crippen molar-refractivity contribution in [2.75, 3.05) is 0 Å². The Hall–Kier alpha value is -3.85. The van der Waals surface area contributed by atoms with Gasteiger partial charge in [0.05, 0.1) is 16.8 Å². The zero-order valence-electron chi connectivity index (χ0n) is 18.5. The number of nitrogens with zero attached hydrogens (tertiary/aromatic N) is 4. The first-order valence-electron chi connectivity index (χ1n) is 10.7. The lowest BCUT2D eigenvalue weighted by atomic mass is 10.2. The van der Waals surface area contributed by atoms with Gasteiger partial charge in [0.2, 0.25) is 5.16 Å². The van der Waals surface area contributed by atoms with E-state index in [1.54, 1.807) is 18.2 Å². The van der Waals surface area contributed by atoms with E-state index in [-0.39, 0.29) is 10.6 Å². The molecule has 0 aliphatic carbocycles. The normalized spacial score (nSPS) is 11.2. The van der Waals surface area contributed by atoms with E-state index in [0.29, 0.717) is 21.0 Å². The van der Waals surface area contributed by atoms with Gasteiger partial charge in [0.15, 0.2) is 10.9 Å². The topological polar surface area (TPSA) is 85.3 Å². The molecule has 0 bridgehead atoms. The molecular formula is C26H17Cl2N5O2S. The highest BCUT2D eigenvalue weighted by Crippen LogP contribution is 2.33. The fourth-order valence-electron chi connectivity index (χ4n) is 3.36. The molecule has 2 heterocycles. The van der Waals surface area contributed by atoms with Crippen LogP contribution in [0.4, 0.5) is 0 Å². The molecule has 10 heteroatoms. The fraction of sp³-hybridized carbons (Fsp3) is 0. The van der Waals surface area contributed by atoms with Crippen LogP contribution in [0.1, 0.15) is 16.1 Å². The number of carbonyl (C=O) groups excluding carboxylic acids is 1. The molecule has 36 heavy (non-hydrogen) atoms. The van der Waals surface area contributed by atoms with E-state index in [0.717, 1.165) is 17.1 Å². The molecule has 2 aromatic heterocycles. The highest BCUT2D eigenvalue weighted by Gasteiger charge is 2.18. The minimum atomic E-state index is -0.460. The predicted octanol–water partition coefficient (Wildman–Crippen LogP) is 6.75. The smallest absolute Gasteiger partial charge is 0.272 e. The summed E-state index contributed by atoms with van der Waals surface area (Å²) in [7, 11) is 0. The first-order valence-corrected chi connectivity index (χ1v) is 12.3. The van der Waals surface area contributed by atoms with E-state index in [1.807, 2.05) is 65.2 Å². The van der Waals surface area contributed by atoms with E-state index in [9.17, 15) is 4.79 Å². The quantitative estimate of drug-likeness (QED) is 0.184. The summed E-state index contributed by atoms with van der Waals surface area (Å²) in [5, 5.41) is 14.7. The van der Waals surface area contributed by atoms with Crippen LogP contribution in [0.3, 0.4) is 0 Å². The number of para-hydroxylation sites is 1. The number of hydrogen-bond acceptors (Lipinski definition) is 6. The third-order valence-corrected chi connectivity index (χ3v) is 6.42. The summed E-state index contributed by atoms with van der Waals surface area (Å²) in [6.07, 6.45) is 1.41. The fourth-order valence-corrected chi connectivity index (χ4v) is 4.67. The molecule has 0 fully saturated rings. The van der Waals surface area contributed by atoms with Gasteiger partial charge in [-0.3, -0.25) is 9.36 Å². The molecule has 5 rings (SSSR count). The lowest BCUT2D eigenvalue weighted by molar-refractivity contribution is 0.0955. The van der Waals surface area contributed by atoms with E-state index in [4.69, 9.17) is 27.6 Å². The van der Waals surface area contributed by atoms with Gasteiger partial charge < -0.3 is 4.42 Å². The largest absolute Gasteiger partial charge is 0.448 e. The molecule has 0 radical (unpaired) electrons. The molecule has 0 aliphatic heterocycles. The summed E-state index contributed by atoms with van der Waals surface area (Å²) in [4.78, 5) is 12.3. The maximum atomic E-state index is 12.3. The standard InChI is InChI=1S/C26H17Cl2N5O2S/c27-18-11-13-21(22(28)15-18)25(34)31-29-16-20-12-14-23(35-20)36-26-32-30-24(17-7-3-1-4-8-17)33(26)19-9-5-2-6-10-19/h1-16H,(H,31,34). The van der Waals surface area contributed by atoms with Gasteiger partial charge in [-0.25, -0.2) is 5.43 Å². The number of rotatable bonds is 7. The number of hydrogen-bond donors (Lipinski definition) is 1. The third kappa shape index (κ3) is 5.36. The Bertz CT molecular complexity index is 1530. The molecule has 7 nitrogen and oxygen atoms in total. The van der Waals surface area contributed by atoms with Crippen molar-refractivity contribution in [2.24, 2.45) is 5.10 Å². The second kappa shape index (κ2) is 10.8. The molecule has 0 aliphatic rings. The van der Waals surface area contributed by atoms with Gasteiger partial charge in [-0.15, -0.1) is 10.2 Å². The van der Waals surface area contributed by atoms with Crippen molar-refractivity contribution in [1.82, 2.24) is 20.2 Å². The minimum Gasteiger partial charge on any atom is -0.448 e. The van der Waals surface area contributed by atoms with Crippen molar-refractivity contribution in [2.45, 2.75) is 10.2 Å². The lowest BCUT2D eigenvalue weighted by Gasteiger charge is -2.09. The molecule has 0 unspecified atom stereocenters. The lowest BCUT2D eigenvalue weighted by Crippen LogP contribution is -2.17. The van der Waals surface area contributed by atoms with Gasteiger partial charge in [-0.05, 0) is 54.2 Å². The van der Waals surface area contributed by atoms with Crippen LogP contribution in [-0.4, -0.2) is 26.9 Å². The van der Waals surface area contributed by atoms with Crippen molar-refractivity contribution < 1.29 is 9.21 Å². The second-order valence-corrected chi connectivity index (χ2v) is 9.24. The first-order chi connectivity index (χ1) is 17.6. The third-order valence-electron chi connectivity index (χ3n) is 5.01. The molecule has 1 amide bonds. The second-order valence-electron chi connectivity index (χ2n) is 7.43. The Kier molecular flexibility index (Phi) is 7.18. The maximum absolute atomic E-state index is 12.3. The van der Waals surface area contributed by atoms with Crippen molar-refractivity contribution in [1.29, 1.82) is 0 Å². The van der Waals surface area contributed by atoms with E-state index in [1.165, 1.54) is 30.1 Å². The Balaban J connectivity index is 1.34. The highest BCUT2D eigenvalue weighted by molar-refractivity contribution is 7.99. The van der Waals surface area contributed by atoms with Crippen LogP contribution in [-0.2, 0) is 0 Å². The van der Waals surface area contributed by atoms with Gasteiger partial charge in [0, 0.05) is 16.3 Å². The monoisotopic (exact) mass is 533 g/mol. The average molecular weight is 534 g/mol. The van der Waals surface area contributed by atoms with Crippen LogP contribution in [0.15, 0.2) is 111 Å². The Labute approximate surface area is 220 Å². The number of halogens is 2. The van der Waals surface area contributed by atoms with Gasteiger partial charge in [-0.1, -0.05) is 71.7 Å². The van der Waals surface area contributed by atoms with E-state index < -0.39 is 5.91 Å². The van der Waals surface area contributed by atoms with Crippen LogP contribution in [0.5, 0.6) is 0 Å². The number of nitrogens with one attached hydrogen (secondary N) is 1. The number of amides is 1. The first kappa shape index (κ1) is 23.9. The number of benzene rings is 3. The van der Waals surface area contributed by atoms with Crippen molar-refractivity contribution in [3.05, 3.63) is 112 Å². The Morgan fingerprint density at radius 2 is 1.69 bits per heavy atom. The predicted molar refractivity (Wildman–Crippen MR) is 141 cm³/mol. The zero-order chi connectivity index (χ0) is 24.9. The van der Waals surface area contributed by atoms with E-state index >= 15 is 0 Å². The Morgan fingerprint density at radius 1 is 0.944 bits per heavy atom. The summed E-state index contributed by atoms with van der Waals surface area (Å²) in [6.45, 7) is 0. The van der Waals surface area contributed by atoms with Gasteiger partial charge in [0.25, 0.3) is 5.91 Å². The van der Waals surface area contributed by atoms with Crippen LogP contribution in [0.2, 0.25) is 10.0 Å². The van der Waals surface area contributed by atoms with Crippen LogP contribution < -0.4 is 5.43 Å². The molecule has 0 spiro atoms. The van der Waals surface area contributed by atoms with Crippen molar-refractivity contribution >= 4 is 47.1 Å². The Morgan fingerprint density at radius 3 is 2.44 bits per heavy atom. The molecule has 1 N–H and O–H groups in total. The van der Waals surface area contributed by atoms with Gasteiger partial charge in [0.1, 0.15) is 5.76 Å². The molecule has 5 aromatic rings. The van der Waals surface area contributed by atoms with Gasteiger partial charge >= 0.3 is 0 Å². The molecule has 178 valence electrons. The van der Waals surface area contributed by atoms with Crippen molar-refractivity contribution in [3.63, 3.8) is 0 Å². The highest BCUT2D eigenvalue weighted by atomic mass is 35.5. The molecule has 0 atom stereocenters. The van der Waals surface area contributed by atoms with Crippen LogP contribution >= 0.6 is 35.0 Å². The summed E-state index contributed by atoms with van der Waals surface area (Å²) in [5.74, 6) is 0.716. The van der Waals surface area contributed by atoms with Crippen molar-refractivity contribution in [3.8, 4) is 17.1 Å². The SMILES string of the molecule is O=C(NN=Cc1ccc(Sc2nnc(-c3ccccc3)n2-c2ccccc2)o1)c1ccc(Cl)cc1Cl. The minimum absolute atomic E-state index is 0.240. The molecule has 0 saturated carbocycles. The summed E-state index contributed by atoms with van der Waals surface area (Å²) in [5.41, 5.74) is 4.58. The summed E-state index contributed by atoms with van der Waals surface area (Å²) in [6, 6.07) is 27.9. The number of hydrazone groups is 1. The molecular weight excluding hydrogens is 517 g/mol. The average Bonchev–Trinajstić information content (AvgIpc) is 3.52. The molecule has 3 aromatic carbocycles. The van der Waals surface area contributed by atoms with Crippen LogP contribution in [0, 0.1) is 0 Å². The van der Waals surface area contributed by atoms with E-state index in [2.05, 4.69) is 20.7 Å². The summed E-state index contributed by atoms with van der Waals surface area (Å²) >= 11 is 13.3. The number of carbonyl (C=O) groups is 1. The van der Waals surface area contributed by atoms with Gasteiger partial charge in [-0.2, -0.15) is 5.10 Å². The maximum Gasteiger partial charge on any atom is 0.272 e. The number of furan rings is 1. The van der Waals surface area contributed by atoms with Crippen LogP contribution in [0.25, 0.3) is 17.1 Å². The number of aromatic nitrogens is 3. The zero-order valence-corrected chi connectivity index (χ0v) is 20.8. The summed E-state index contributed by atoms with van der Waals surface area (Å²) < 4.78 is 7.84.